The van der Waals surface area contributed by atoms with Crippen molar-refractivity contribution in [3.05, 3.63) is 29.3 Å². The van der Waals surface area contributed by atoms with Crippen molar-refractivity contribution in [1.82, 2.24) is 0 Å². The Balaban J connectivity index is 2.33. The number of carbonyl (C=O) groups excluding carboxylic acids is 1. The van der Waals surface area contributed by atoms with Gasteiger partial charge in [-0.1, -0.05) is 12.1 Å². The fraction of sp³-hybridized carbons (Fsp3) is 0.417. The average Bonchev–Trinajstić information content (AvgIpc) is 2.27. The van der Waals surface area contributed by atoms with Crippen LogP contribution in [-0.2, 0) is 11.2 Å². The molecule has 0 bridgehead atoms. The lowest BCUT2D eigenvalue weighted by Crippen LogP contribution is -2.27. The van der Waals surface area contributed by atoms with Gasteiger partial charge in [0.25, 0.3) is 0 Å². The summed E-state index contributed by atoms with van der Waals surface area (Å²) in [5.41, 5.74) is 1.30. The van der Waals surface area contributed by atoms with Gasteiger partial charge in [-0.25, -0.2) is 0 Å². The molecule has 3 N–H and O–H groups in total. The summed E-state index contributed by atoms with van der Waals surface area (Å²) < 4.78 is 0. The first-order chi connectivity index (χ1) is 7.63. The molecule has 0 heterocycles. The molecule has 2 unspecified atom stereocenters. The van der Waals surface area contributed by atoms with Crippen LogP contribution < -0.4 is 0 Å². The van der Waals surface area contributed by atoms with Crippen LogP contribution in [0.5, 0.6) is 5.75 Å². The topological polar surface area (TPSA) is 77.8 Å². The molecule has 0 amide bonds. The number of benzene rings is 1. The van der Waals surface area contributed by atoms with E-state index < -0.39 is 12.7 Å². The number of Topliss-reactive ketones (excluding diaryl/α,β-unsaturated/α-hetero) is 1. The summed E-state index contributed by atoms with van der Waals surface area (Å²) >= 11 is 0. The van der Waals surface area contributed by atoms with Crippen molar-refractivity contribution in [3.63, 3.8) is 0 Å². The van der Waals surface area contributed by atoms with Gasteiger partial charge in [-0.2, -0.15) is 0 Å². The highest BCUT2D eigenvalue weighted by Crippen LogP contribution is 2.38. The van der Waals surface area contributed by atoms with Gasteiger partial charge in [0.05, 0.1) is 6.10 Å². The summed E-state index contributed by atoms with van der Waals surface area (Å²) in [6.45, 7) is -0.495. The van der Waals surface area contributed by atoms with E-state index in [2.05, 4.69) is 0 Å². The van der Waals surface area contributed by atoms with Crippen LogP contribution in [0, 0.1) is 5.92 Å². The van der Waals surface area contributed by atoms with Crippen molar-refractivity contribution in [1.29, 1.82) is 0 Å². The molecular weight excluding hydrogens is 208 g/mol. The van der Waals surface area contributed by atoms with Crippen molar-refractivity contribution in [2.75, 3.05) is 6.61 Å². The molecule has 0 fully saturated rings. The molecule has 0 saturated carbocycles. The molecule has 1 aromatic rings. The van der Waals surface area contributed by atoms with Crippen molar-refractivity contribution in [3.8, 4) is 5.75 Å². The molecule has 16 heavy (non-hydrogen) atoms. The molecular formula is C12H14O4. The molecule has 2 atom stereocenters. The van der Waals surface area contributed by atoms with Crippen LogP contribution in [0.3, 0.4) is 0 Å². The number of fused-ring (bicyclic) bond motifs is 1. The molecule has 0 saturated heterocycles. The lowest BCUT2D eigenvalue weighted by atomic mass is 9.80. The Morgan fingerprint density at radius 1 is 1.44 bits per heavy atom. The highest BCUT2D eigenvalue weighted by atomic mass is 16.3. The summed E-state index contributed by atoms with van der Waals surface area (Å²) in [5.74, 6) is -0.540. The maximum absolute atomic E-state index is 11.4. The van der Waals surface area contributed by atoms with Crippen LogP contribution in [0.1, 0.15) is 23.7 Å². The lowest BCUT2D eigenvalue weighted by molar-refractivity contribution is -0.127. The molecule has 0 aliphatic heterocycles. The third-order valence-electron chi connectivity index (χ3n) is 3.09. The number of carbonyl (C=O) groups is 1. The normalized spacial score (nSPS) is 23.9. The monoisotopic (exact) mass is 222 g/mol. The first-order valence-corrected chi connectivity index (χ1v) is 5.26. The molecule has 2 rings (SSSR count). The van der Waals surface area contributed by atoms with Gasteiger partial charge in [0.15, 0.2) is 5.78 Å². The highest BCUT2D eigenvalue weighted by molar-refractivity contribution is 5.82. The standard InChI is InChI=1S/C12H14O4/c13-6-11(16)8-4-7-2-1-3-9(14)12(7)10(15)5-8/h1-3,8,10,13-15H,4-6H2. The van der Waals surface area contributed by atoms with Gasteiger partial charge in [0.1, 0.15) is 12.4 Å². The Bertz CT molecular complexity index is 413. The maximum Gasteiger partial charge on any atom is 0.161 e. The van der Waals surface area contributed by atoms with Crippen molar-refractivity contribution >= 4 is 5.78 Å². The van der Waals surface area contributed by atoms with E-state index in [1.54, 1.807) is 12.1 Å². The minimum Gasteiger partial charge on any atom is -0.508 e. The van der Waals surface area contributed by atoms with E-state index in [1.165, 1.54) is 6.07 Å². The van der Waals surface area contributed by atoms with E-state index in [0.29, 0.717) is 12.0 Å². The molecule has 0 aromatic heterocycles. The first kappa shape index (κ1) is 11.1. The number of phenols is 1. The van der Waals surface area contributed by atoms with Crippen molar-refractivity contribution in [2.24, 2.45) is 5.92 Å². The summed E-state index contributed by atoms with van der Waals surface area (Å²) in [5, 5.41) is 28.3. The highest BCUT2D eigenvalue weighted by Gasteiger charge is 2.31. The third-order valence-corrected chi connectivity index (χ3v) is 3.09. The SMILES string of the molecule is O=C(CO)C1Cc2cccc(O)c2C(O)C1. The van der Waals surface area contributed by atoms with Gasteiger partial charge >= 0.3 is 0 Å². The van der Waals surface area contributed by atoms with E-state index in [1.807, 2.05) is 0 Å². The number of phenolic OH excluding ortho intramolecular Hbond substituents is 1. The van der Waals surface area contributed by atoms with Crippen molar-refractivity contribution < 1.29 is 20.1 Å². The van der Waals surface area contributed by atoms with E-state index in [-0.39, 0.29) is 23.9 Å². The first-order valence-electron chi connectivity index (χ1n) is 5.26. The fourth-order valence-corrected chi connectivity index (χ4v) is 2.27. The number of hydrogen-bond acceptors (Lipinski definition) is 4. The minimum atomic E-state index is -0.828. The zero-order valence-electron chi connectivity index (χ0n) is 8.76. The Labute approximate surface area is 93.2 Å². The predicted octanol–water partition coefficient (Wildman–Crippen LogP) is 0.549. The summed E-state index contributed by atoms with van der Waals surface area (Å²) in [7, 11) is 0. The van der Waals surface area contributed by atoms with E-state index in [0.717, 1.165) is 5.56 Å². The Morgan fingerprint density at radius 2 is 2.19 bits per heavy atom. The number of ketones is 1. The zero-order valence-corrected chi connectivity index (χ0v) is 8.76. The zero-order chi connectivity index (χ0) is 11.7. The Kier molecular flexibility index (Phi) is 2.94. The van der Waals surface area contributed by atoms with Crippen molar-refractivity contribution in [2.45, 2.75) is 18.9 Å². The summed E-state index contributed by atoms with van der Waals surface area (Å²) in [6, 6.07) is 5.00. The molecule has 0 spiro atoms. The second kappa shape index (κ2) is 4.23. The molecule has 86 valence electrons. The molecule has 0 radical (unpaired) electrons. The molecule has 4 heteroatoms. The third kappa shape index (κ3) is 1.81. The van der Waals surface area contributed by atoms with Gasteiger partial charge in [-0.3, -0.25) is 4.79 Å². The fourth-order valence-electron chi connectivity index (χ4n) is 2.27. The second-order valence-corrected chi connectivity index (χ2v) is 4.13. The average molecular weight is 222 g/mol. The van der Waals surface area contributed by atoms with Crippen LogP contribution >= 0.6 is 0 Å². The summed E-state index contributed by atoms with van der Waals surface area (Å²) in [6.07, 6.45) is -0.0881. The number of aromatic hydroxyl groups is 1. The number of aliphatic hydroxyl groups is 2. The molecule has 1 aliphatic rings. The van der Waals surface area contributed by atoms with Gasteiger partial charge in [0.2, 0.25) is 0 Å². The van der Waals surface area contributed by atoms with Crippen LogP contribution in [0.15, 0.2) is 18.2 Å². The number of hydrogen-bond donors (Lipinski definition) is 3. The largest absolute Gasteiger partial charge is 0.508 e. The predicted molar refractivity (Wildman–Crippen MR) is 57.0 cm³/mol. The van der Waals surface area contributed by atoms with E-state index >= 15 is 0 Å². The van der Waals surface area contributed by atoms with Gasteiger partial charge in [-0.15, -0.1) is 0 Å². The lowest BCUT2D eigenvalue weighted by Gasteiger charge is -2.27. The van der Waals surface area contributed by atoms with Gasteiger partial charge in [-0.05, 0) is 24.5 Å². The minimum absolute atomic E-state index is 0.0693. The smallest absolute Gasteiger partial charge is 0.161 e. The maximum atomic E-state index is 11.4. The Morgan fingerprint density at radius 3 is 2.88 bits per heavy atom. The Hall–Kier alpha value is -1.39. The molecule has 1 aliphatic carbocycles. The number of aliphatic hydroxyl groups excluding tert-OH is 2. The molecule has 4 nitrogen and oxygen atoms in total. The van der Waals surface area contributed by atoms with Crippen LogP contribution in [-0.4, -0.2) is 27.7 Å². The number of rotatable bonds is 2. The van der Waals surface area contributed by atoms with E-state index in [4.69, 9.17) is 5.11 Å². The summed E-state index contributed by atoms with van der Waals surface area (Å²) in [4.78, 5) is 11.4. The van der Waals surface area contributed by atoms with Crippen LogP contribution in [0.4, 0.5) is 0 Å². The van der Waals surface area contributed by atoms with Gasteiger partial charge < -0.3 is 15.3 Å². The van der Waals surface area contributed by atoms with Crippen LogP contribution in [0.2, 0.25) is 0 Å². The second-order valence-electron chi connectivity index (χ2n) is 4.13. The van der Waals surface area contributed by atoms with E-state index in [9.17, 15) is 15.0 Å². The van der Waals surface area contributed by atoms with Crippen LogP contribution in [0.25, 0.3) is 0 Å². The van der Waals surface area contributed by atoms with Gasteiger partial charge in [0, 0.05) is 11.5 Å². The molecule has 1 aromatic carbocycles. The quantitative estimate of drug-likeness (QED) is 0.683.